The molecule has 0 unspecified atom stereocenters. The molecule has 1 aliphatic heterocycles. The third-order valence-corrected chi connectivity index (χ3v) is 2.65. The highest BCUT2D eigenvalue weighted by Crippen LogP contribution is 2.12. The van der Waals surface area contributed by atoms with Crippen LogP contribution in [0.5, 0.6) is 0 Å². The van der Waals surface area contributed by atoms with Gasteiger partial charge >= 0.3 is 11.9 Å². The average Bonchev–Trinajstić information content (AvgIpc) is 2.55. The molecular formula is C14H20O3. The van der Waals surface area contributed by atoms with Crippen molar-refractivity contribution in [1.82, 2.24) is 0 Å². The highest BCUT2D eigenvalue weighted by atomic mass is 16.6. The lowest BCUT2D eigenvalue weighted by Crippen LogP contribution is -2.00. The third-order valence-electron chi connectivity index (χ3n) is 2.65. The molecular weight excluding hydrogens is 216 g/mol. The topological polar surface area (TPSA) is 43.4 Å². The molecule has 0 amide bonds. The molecule has 0 aromatic heterocycles. The molecule has 17 heavy (non-hydrogen) atoms. The van der Waals surface area contributed by atoms with E-state index in [4.69, 9.17) is 0 Å². The summed E-state index contributed by atoms with van der Waals surface area (Å²) >= 11 is 0. The highest BCUT2D eigenvalue weighted by Gasteiger charge is 2.20. The maximum Gasteiger partial charge on any atom is 0.346 e. The maximum absolute atomic E-state index is 11.1. The Morgan fingerprint density at radius 3 is 2.59 bits per heavy atom. The molecule has 0 saturated carbocycles. The fourth-order valence-electron chi connectivity index (χ4n) is 1.68. The second-order valence-corrected chi connectivity index (χ2v) is 4.74. The van der Waals surface area contributed by atoms with Crippen LogP contribution in [0.4, 0.5) is 0 Å². The molecule has 0 bridgehead atoms. The van der Waals surface area contributed by atoms with Crippen LogP contribution in [-0.4, -0.2) is 11.9 Å². The zero-order valence-corrected chi connectivity index (χ0v) is 10.6. The first-order valence-electron chi connectivity index (χ1n) is 6.24. The predicted molar refractivity (Wildman–Crippen MR) is 66.2 cm³/mol. The van der Waals surface area contributed by atoms with Gasteiger partial charge in [-0.3, -0.25) is 0 Å². The van der Waals surface area contributed by atoms with Crippen molar-refractivity contribution < 1.29 is 14.3 Å². The monoisotopic (exact) mass is 236 g/mol. The Labute approximate surface area is 103 Å². The van der Waals surface area contributed by atoms with Gasteiger partial charge in [0, 0.05) is 6.08 Å². The van der Waals surface area contributed by atoms with Gasteiger partial charge in [-0.05, 0) is 18.8 Å². The van der Waals surface area contributed by atoms with E-state index in [1.54, 1.807) is 6.08 Å². The van der Waals surface area contributed by atoms with Gasteiger partial charge in [0.2, 0.25) is 0 Å². The molecule has 0 aromatic carbocycles. The number of carbonyl (C=O) groups is 2. The summed E-state index contributed by atoms with van der Waals surface area (Å²) < 4.78 is 4.37. The first-order chi connectivity index (χ1) is 8.09. The van der Waals surface area contributed by atoms with Crippen molar-refractivity contribution in [3.63, 3.8) is 0 Å². The van der Waals surface area contributed by atoms with Gasteiger partial charge in [-0.2, -0.15) is 0 Å². The number of unbranched alkanes of at least 4 members (excludes halogenated alkanes) is 3. The summed E-state index contributed by atoms with van der Waals surface area (Å²) in [5.74, 6) is -0.326. The van der Waals surface area contributed by atoms with Crippen LogP contribution in [0.2, 0.25) is 0 Å². The van der Waals surface area contributed by atoms with E-state index in [1.165, 1.54) is 25.3 Å². The standard InChI is InChI=1S/C14H20O3/c1-11(2)8-6-4-3-5-7-9-12-10-13(15)17-14(12)16/h7,9-11H,3-6,8H2,1-2H3. The molecule has 0 N–H and O–H groups in total. The fourth-order valence-corrected chi connectivity index (χ4v) is 1.68. The zero-order valence-electron chi connectivity index (χ0n) is 10.6. The molecule has 3 heteroatoms. The molecule has 1 aliphatic rings. The van der Waals surface area contributed by atoms with E-state index in [1.807, 2.05) is 6.08 Å². The molecule has 3 nitrogen and oxygen atoms in total. The third kappa shape index (κ3) is 5.48. The van der Waals surface area contributed by atoms with Crippen LogP contribution < -0.4 is 0 Å². The molecule has 0 aliphatic carbocycles. The lowest BCUT2D eigenvalue weighted by molar-refractivity contribution is -0.150. The first kappa shape index (κ1) is 13.7. The Bertz CT molecular complexity index is 337. The Morgan fingerprint density at radius 1 is 1.24 bits per heavy atom. The number of hydrogen-bond acceptors (Lipinski definition) is 3. The van der Waals surface area contributed by atoms with Gasteiger partial charge in [0.15, 0.2) is 0 Å². The van der Waals surface area contributed by atoms with Crippen LogP contribution in [0.25, 0.3) is 0 Å². The van der Waals surface area contributed by atoms with Crippen molar-refractivity contribution in [3.8, 4) is 0 Å². The van der Waals surface area contributed by atoms with Gasteiger partial charge in [-0.25, -0.2) is 9.59 Å². The summed E-state index contributed by atoms with van der Waals surface area (Å²) in [5, 5.41) is 0. The highest BCUT2D eigenvalue weighted by molar-refractivity contribution is 6.10. The van der Waals surface area contributed by atoms with Gasteiger partial charge < -0.3 is 4.74 Å². The number of rotatable bonds is 7. The molecule has 0 atom stereocenters. The summed E-state index contributed by atoms with van der Waals surface area (Å²) in [5.41, 5.74) is 0.359. The van der Waals surface area contributed by atoms with E-state index < -0.39 is 11.9 Å². The normalized spacial score (nSPS) is 15.8. The second kappa shape index (κ2) is 7.05. The second-order valence-electron chi connectivity index (χ2n) is 4.74. The van der Waals surface area contributed by atoms with Crippen LogP contribution in [-0.2, 0) is 14.3 Å². The van der Waals surface area contributed by atoms with Crippen LogP contribution in [0, 0.1) is 5.92 Å². The number of allylic oxidation sites excluding steroid dienone is 1. The smallest absolute Gasteiger partial charge is 0.346 e. The zero-order chi connectivity index (χ0) is 12.7. The summed E-state index contributed by atoms with van der Waals surface area (Å²) in [7, 11) is 0. The summed E-state index contributed by atoms with van der Waals surface area (Å²) in [4.78, 5) is 21.8. The molecule has 0 fully saturated rings. The van der Waals surface area contributed by atoms with Crippen LogP contribution >= 0.6 is 0 Å². The van der Waals surface area contributed by atoms with Gasteiger partial charge in [0.1, 0.15) is 0 Å². The van der Waals surface area contributed by atoms with Gasteiger partial charge in [0.05, 0.1) is 5.57 Å². The average molecular weight is 236 g/mol. The van der Waals surface area contributed by atoms with Crippen molar-refractivity contribution in [3.05, 3.63) is 23.8 Å². The summed E-state index contributed by atoms with van der Waals surface area (Å²) in [6.45, 7) is 4.46. The molecule has 1 heterocycles. The van der Waals surface area contributed by atoms with Crippen LogP contribution in [0.3, 0.4) is 0 Å². The van der Waals surface area contributed by atoms with Gasteiger partial charge in [-0.15, -0.1) is 0 Å². The van der Waals surface area contributed by atoms with E-state index in [9.17, 15) is 9.59 Å². The lowest BCUT2D eigenvalue weighted by atomic mass is 10.0. The summed E-state index contributed by atoms with van der Waals surface area (Å²) in [6, 6.07) is 0. The molecule has 0 radical (unpaired) electrons. The van der Waals surface area contributed by atoms with E-state index in [0.717, 1.165) is 18.8 Å². The predicted octanol–water partition coefficient (Wildman–Crippen LogP) is 3.16. The largest absolute Gasteiger partial charge is 0.386 e. The van der Waals surface area contributed by atoms with Gasteiger partial charge in [0.25, 0.3) is 0 Å². The van der Waals surface area contributed by atoms with Crippen molar-refractivity contribution in [2.45, 2.75) is 46.0 Å². The van der Waals surface area contributed by atoms with E-state index >= 15 is 0 Å². The van der Waals surface area contributed by atoms with Crippen molar-refractivity contribution >= 4 is 11.9 Å². The summed E-state index contributed by atoms with van der Waals surface area (Å²) in [6.07, 6.45) is 10.7. The SMILES string of the molecule is CC(C)CCCCCC=CC1=CC(=O)OC1=O. The molecule has 94 valence electrons. The molecule has 0 saturated heterocycles. The maximum atomic E-state index is 11.1. The number of esters is 2. The molecule has 1 rings (SSSR count). The molecule has 0 aromatic rings. The number of carbonyl (C=O) groups excluding carboxylic acids is 2. The van der Waals surface area contributed by atoms with Crippen molar-refractivity contribution in [1.29, 1.82) is 0 Å². The van der Waals surface area contributed by atoms with E-state index in [2.05, 4.69) is 18.6 Å². The first-order valence-corrected chi connectivity index (χ1v) is 6.24. The van der Waals surface area contributed by atoms with Crippen molar-refractivity contribution in [2.75, 3.05) is 0 Å². The Balaban J connectivity index is 2.12. The number of cyclic esters (lactones) is 2. The van der Waals surface area contributed by atoms with Crippen LogP contribution in [0.15, 0.2) is 23.8 Å². The quantitative estimate of drug-likeness (QED) is 0.387. The Morgan fingerprint density at radius 2 is 2.00 bits per heavy atom. The minimum Gasteiger partial charge on any atom is -0.386 e. The fraction of sp³-hybridized carbons (Fsp3) is 0.571. The lowest BCUT2D eigenvalue weighted by Gasteiger charge is -2.02. The minimum atomic E-state index is -0.563. The van der Waals surface area contributed by atoms with Crippen molar-refractivity contribution in [2.24, 2.45) is 5.92 Å². The number of hydrogen-bond donors (Lipinski definition) is 0. The van der Waals surface area contributed by atoms with Crippen LogP contribution in [0.1, 0.15) is 46.0 Å². The number of ether oxygens (including phenoxy) is 1. The van der Waals surface area contributed by atoms with Gasteiger partial charge in [-0.1, -0.05) is 45.3 Å². The Kier molecular flexibility index (Phi) is 5.67. The molecule has 0 spiro atoms. The van der Waals surface area contributed by atoms with E-state index in [0.29, 0.717) is 5.57 Å². The minimum absolute atomic E-state index is 0.359. The van der Waals surface area contributed by atoms with E-state index in [-0.39, 0.29) is 0 Å². The Hall–Kier alpha value is -1.38.